The van der Waals surface area contributed by atoms with Gasteiger partial charge in [-0.1, -0.05) is 28.1 Å². The Labute approximate surface area is 119 Å². The molecule has 0 spiro atoms. The normalized spacial score (nSPS) is 22.7. The average Bonchev–Trinajstić information content (AvgIpc) is 2.78. The summed E-state index contributed by atoms with van der Waals surface area (Å²) < 4.78 is 0.931. The monoisotopic (exact) mass is 328 g/mol. The summed E-state index contributed by atoms with van der Waals surface area (Å²) in [7, 11) is 0. The molecule has 0 aromatic heterocycles. The average molecular weight is 329 g/mol. The van der Waals surface area contributed by atoms with Crippen molar-refractivity contribution >= 4 is 39.0 Å². The first-order valence-corrected chi connectivity index (χ1v) is 6.62. The van der Waals surface area contributed by atoms with Crippen molar-refractivity contribution in [3.63, 3.8) is 0 Å². The Kier molecular flexibility index (Phi) is 4.28. The van der Waals surface area contributed by atoms with Crippen LogP contribution < -0.4 is 21.9 Å². The van der Waals surface area contributed by atoms with Crippen LogP contribution in [-0.2, 0) is 0 Å². The molecule has 1 heterocycles. The van der Waals surface area contributed by atoms with Crippen LogP contribution in [0, 0.1) is 5.92 Å². The molecule has 5 N–H and O–H groups in total. The van der Waals surface area contributed by atoms with E-state index in [2.05, 4.69) is 32.1 Å². The molecule has 2 rings (SSSR count). The van der Waals surface area contributed by atoms with Crippen molar-refractivity contribution in [2.75, 3.05) is 6.54 Å². The maximum absolute atomic E-state index is 12.0. The van der Waals surface area contributed by atoms with Gasteiger partial charge in [0.1, 0.15) is 6.17 Å². The summed E-state index contributed by atoms with van der Waals surface area (Å²) >= 11 is 8.28. The molecule has 1 aliphatic rings. The van der Waals surface area contributed by atoms with Crippen molar-refractivity contribution in [3.05, 3.63) is 34.3 Å². The van der Waals surface area contributed by atoms with Crippen LogP contribution in [-0.4, -0.2) is 23.6 Å². The number of nitrogens with two attached hydrogens (primary N) is 1. The van der Waals surface area contributed by atoms with E-state index >= 15 is 0 Å². The number of hydrazine groups is 1. The molecule has 0 aliphatic carbocycles. The minimum absolute atomic E-state index is 0.0839. The zero-order valence-electron chi connectivity index (χ0n) is 9.44. The molecule has 1 amide bonds. The SMILES string of the molecule is NC(=S)C1CNNC1NC(=O)c1ccc(Br)cc1. The van der Waals surface area contributed by atoms with E-state index in [9.17, 15) is 4.79 Å². The Morgan fingerprint density at radius 3 is 2.72 bits per heavy atom. The largest absolute Gasteiger partial charge is 0.393 e. The fourth-order valence-electron chi connectivity index (χ4n) is 1.72. The number of rotatable bonds is 3. The third kappa shape index (κ3) is 3.05. The number of amides is 1. The van der Waals surface area contributed by atoms with E-state index in [1.54, 1.807) is 12.1 Å². The van der Waals surface area contributed by atoms with Gasteiger partial charge < -0.3 is 11.1 Å². The Morgan fingerprint density at radius 1 is 1.44 bits per heavy atom. The van der Waals surface area contributed by atoms with Crippen LogP contribution in [0.2, 0.25) is 0 Å². The zero-order valence-corrected chi connectivity index (χ0v) is 11.8. The van der Waals surface area contributed by atoms with Crippen LogP contribution in [0.1, 0.15) is 10.4 Å². The lowest BCUT2D eigenvalue weighted by Crippen LogP contribution is -2.49. The summed E-state index contributed by atoms with van der Waals surface area (Å²) in [5.41, 5.74) is 12.1. The summed E-state index contributed by atoms with van der Waals surface area (Å²) in [5, 5.41) is 2.85. The van der Waals surface area contributed by atoms with Crippen LogP contribution in [0.25, 0.3) is 0 Å². The molecular weight excluding hydrogens is 316 g/mol. The van der Waals surface area contributed by atoms with Gasteiger partial charge in [0.2, 0.25) is 0 Å². The van der Waals surface area contributed by atoms with Crippen molar-refractivity contribution in [1.29, 1.82) is 0 Å². The fraction of sp³-hybridized carbons (Fsp3) is 0.273. The molecule has 2 unspecified atom stereocenters. The molecule has 0 saturated carbocycles. The van der Waals surface area contributed by atoms with Crippen molar-refractivity contribution in [1.82, 2.24) is 16.2 Å². The van der Waals surface area contributed by atoms with Crippen molar-refractivity contribution in [2.24, 2.45) is 11.7 Å². The number of carbonyl (C=O) groups excluding carboxylic acids is 1. The second-order valence-corrected chi connectivity index (χ2v) is 5.38. The van der Waals surface area contributed by atoms with Gasteiger partial charge in [-0.2, -0.15) is 0 Å². The first-order valence-electron chi connectivity index (χ1n) is 5.42. The van der Waals surface area contributed by atoms with E-state index in [-0.39, 0.29) is 18.0 Å². The van der Waals surface area contributed by atoms with Gasteiger partial charge in [0.15, 0.2) is 0 Å². The van der Waals surface area contributed by atoms with Crippen LogP contribution in [0.5, 0.6) is 0 Å². The number of hydrogen-bond donors (Lipinski definition) is 4. The number of hydrogen-bond acceptors (Lipinski definition) is 4. The lowest BCUT2D eigenvalue weighted by Gasteiger charge is -2.18. The molecular formula is C11H13BrN4OS. The number of benzene rings is 1. The summed E-state index contributed by atoms with van der Waals surface area (Å²) in [6.07, 6.45) is -0.279. The molecule has 7 heteroatoms. The quantitative estimate of drug-likeness (QED) is 0.608. The van der Waals surface area contributed by atoms with Crippen LogP contribution >= 0.6 is 28.1 Å². The number of halogens is 1. The Bertz CT molecular complexity index is 465. The van der Waals surface area contributed by atoms with E-state index < -0.39 is 0 Å². The van der Waals surface area contributed by atoms with Crippen LogP contribution in [0.15, 0.2) is 28.7 Å². The Morgan fingerprint density at radius 2 is 2.11 bits per heavy atom. The van der Waals surface area contributed by atoms with Crippen LogP contribution in [0.3, 0.4) is 0 Å². The molecule has 0 radical (unpaired) electrons. The molecule has 1 aromatic carbocycles. The first-order chi connectivity index (χ1) is 8.58. The highest BCUT2D eigenvalue weighted by atomic mass is 79.9. The molecule has 5 nitrogen and oxygen atoms in total. The lowest BCUT2D eigenvalue weighted by atomic mass is 10.1. The van der Waals surface area contributed by atoms with E-state index in [1.165, 1.54) is 0 Å². The van der Waals surface area contributed by atoms with Crippen LogP contribution in [0.4, 0.5) is 0 Å². The molecule has 0 bridgehead atoms. The minimum Gasteiger partial charge on any atom is -0.393 e. The second kappa shape index (κ2) is 5.75. The summed E-state index contributed by atoms with van der Waals surface area (Å²) in [6, 6.07) is 7.13. The van der Waals surface area contributed by atoms with Crippen molar-refractivity contribution in [3.8, 4) is 0 Å². The first kappa shape index (κ1) is 13.4. The van der Waals surface area contributed by atoms with Gasteiger partial charge in [-0.25, -0.2) is 5.43 Å². The van der Waals surface area contributed by atoms with Crippen molar-refractivity contribution < 1.29 is 4.79 Å². The maximum atomic E-state index is 12.0. The van der Waals surface area contributed by atoms with E-state index in [1.807, 2.05) is 12.1 Å². The predicted molar refractivity (Wildman–Crippen MR) is 76.8 cm³/mol. The topological polar surface area (TPSA) is 79.2 Å². The standard InChI is InChI=1S/C11H13BrN4OS/c12-7-3-1-6(2-4-7)11(17)15-10-8(9(13)18)5-14-16-10/h1-4,8,10,14,16H,5H2,(H2,13,18)(H,15,17). The van der Waals surface area contributed by atoms with Gasteiger partial charge in [-0.05, 0) is 24.3 Å². The van der Waals surface area contributed by atoms with Gasteiger partial charge in [0, 0.05) is 16.6 Å². The molecule has 1 aliphatic heterocycles. The number of thiocarbonyl (C=S) groups is 1. The lowest BCUT2D eigenvalue weighted by molar-refractivity contribution is 0.0928. The number of nitrogens with one attached hydrogen (secondary N) is 3. The summed E-state index contributed by atoms with van der Waals surface area (Å²) in [5.74, 6) is -0.246. The summed E-state index contributed by atoms with van der Waals surface area (Å²) in [4.78, 5) is 12.4. The molecule has 1 saturated heterocycles. The minimum atomic E-state index is -0.279. The van der Waals surface area contributed by atoms with E-state index in [4.69, 9.17) is 18.0 Å². The van der Waals surface area contributed by atoms with Gasteiger partial charge in [0.05, 0.1) is 10.9 Å². The predicted octanol–water partition coefficient (Wildman–Crippen LogP) is 0.515. The Hall–Kier alpha value is -1.02. The van der Waals surface area contributed by atoms with E-state index in [0.29, 0.717) is 17.1 Å². The molecule has 1 fully saturated rings. The fourth-order valence-corrected chi connectivity index (χ4v) is 2.21. The second-order valence-electron chi connectivity index (χ2n) is 3.99. The third-order valence-electron chi connectivity index (χ3n) is 2.74. The van der Waals surface area contributed by atoms with Gasteiger partial charge in [-0.15, -0.1) is 0 Å². The van der Waals surface area contributed by atoms with E-state index in [0.717, 1.165) is 4.47 Å². The third-order valence-corrected chi connectivity index (χ3v) is 3.57. The van der Waals surface area contributed by atoms with Gasteiger partial charge >= 0.3 is 0 Å². The van der Waals surface area contributed by atoms with Gasteiger partial charge in [0.25, 0.3) is 5.91 Å². The molecule has 18 heavy (non-hydrogen) atoms. The summed E-state index contributed by atoms with van der Waals surface area (Å²) in [6.45, 7) is 0.612. The molecule has 1 aromatic rings. The highest BCUT2D eigenvalue weighted by Gasteiger charge is 2.30. The highest BCUT2D eigenvalue weighted by Crippen LogP contribution is 2.11. The highest BCUT2D eigenvalue weighted by molar-refractivity contribution is 9.10. The van der Waals surface area contributed by atoms with Gasteiger partial charge in [-0.3, -0.25) is 10.2 Å². The molecule has 96 valence electrons. The zero-order chi connectivity index (χ0) is 13.1. The smallest absolute Gasteiger partial charge is 0.252 e. The maximum Gasteiger partial charge on any atom is 0.252 e. The molecule has 2 atom stereocenters. The number of carbonyl (C=O) groups is 1. The Balaban J connectivity index is 2.03. The van der Waals surface area contributed by atoms with Crippen molar-refractivity contribution in [2.45, 2.75) is 6.17 Å².